The SMILES string of the molecule is Cc1ncsc1-c1ccc(CCNC(=O)[C@@H]2CCCN2C(=O)[C@H](c2cc(N3CCNCC3)no2)[C@H](C)CO)cc1. The van der Waals surface area contributed by atoms with Crippen molar-refractivity contribution in [1.82, 2.24) is 25.7 Å². The van der Waals surface area contributed by atoms with Crippen molar-refractivity contribution >= 4 is 29.0 Å². The summed E-state index contributed by atoms with van der Waals surface area (Å²) in [5.41, 5.74) is 5.16. The highest BCUT2D eigenvalue weighted by molar-refractivity contribution is 7.13. The van der Waals surface area contributed by atoms with Gasteiger partial charge in [0.15, 0.2) is 11.6 Å². The van der Waals surface area contributed by atoms with Crippen LogP contribution in [0.3, 0.4) is 0 Å². The molecule has 3 N–H and O–H groups in total. The highest BCUT2D eigenvalue weighted by Gasteiger charge is 2.41. The Balaban J connectivity index is 1.20. The summed E-state index contributed by atoms with van der Waals surface area (Å²) in [5.74, 6) is -0.289. The van der Waals surface area contributed by atoms with E-state index < -0.39 is 12.0 Å². The maximum Gasteiger partial charge on any atom is 0.242 e. The van der Waals surface area contributed by atoms with E-state index in [1.54, 1.807) is 16.2 Å². The molecule has 4 heterocycles. The number of likely N-dealkylation sites (tertiary alicyclic amines) is 1. The summed E-state index contributed by atoms with van der Waals surface area (Å²) in [5, 5.41) is 20.5. The predicted octanol–water partition coefficient (Wildman–Crippen LogP) is 2.58. The molecule has 2 aromatic heterocycles. The molecule has 0 radical (unpaired) electrons. The van der Waals surface area contributed by atoms with E-state index in [9.17, 15) is 14.7 Å². The molecular formula is C29H38N6O4S. The molecule has 10 nitrogen and oxygen atoms in total. The van der Waals surface area contributed by atoms with Gasteiger partial charge in [0.1, 0.15) is 12.0 Å². The van der Waals surface area contributed by atoms with Crippen molar-refractivity contribution in [1.29, 1.82) is 0 Å². The normalized spacial score (nSPS) is 19.0. The zero-order chi connectivity index (χ0) is 28.1. The molecule has 2 amide bonds. The molecule has 1 aromatic carbocycles. The molecule has 3 aromatic rings. The van der Waals surface area contributed by atoms with E-state index in [1.807, 2.05) is 25.4 Å². The third kappa shape index (κ3) is 6.21. The Labute approximate surface area is 238 Å². The first-order chi connectivity index (χ1) is 19.5. The number of piperazine rings is 1. The Morgan fingerprint density at radius 3 is 2.70 bits per heavy atom. The molecule has 5 rings (SSSR count). The molecule has 11 heteroatoms. The second-order valence-corrected chi connectivity index (χ2v) is 11.5. The van der Waals surface area contributed by atoms with Gasteiger partial charge in [-0.25, -0.2) is 4.98 Å². The molecule has 0 saturated carbocycles. The van der Waals surface area contributed by atoms with Crippen LogP contribution in [0, 0.1) is 12.8 Å². The van der Waals surface area contributed by atoms with Crippen LogP contribution in [-0.2, 0) is 16.0 Å². The lowest BCUT2D eigenvalue weighted by molar-refractivity contribution is -0.141. The summed E-state index contributed by atoms with van der Waals surface area (Å²) < 4.78 is 5.66. The second kappa shape index (κ2) is 12.9. The number of rotatable bonds is 10. The summed E-state index contributed by atoms with van der Waals surface area (Å²) in [4.78, 5) is 36.3. The highest BCUT2D eigenvalue weighted by atomic mass is 32.1. The van der Waals surface area contributed by atoms with Crippen LogP contribution in [0.2, 0.25) is 0 Å². The van der Waals surface area contributed by atoms with Gasteiger partial charge in [0, 0.05) is 51.9 Å². The van der Waals surface area contributed by atoms with Crippen LogP contribution in [0.25, 0.3) is 10.4 Å². The third-order valence-corrected chi connectivity index (χ3v) is 8.88. The van der Waals surface area contributed by atoms with Crippen LogP contribution in [0.4, 0.5) is 5.82 Å². The molecule has 2 fully saturated rings. The van der Waals surface area contributed by atoms with Crippen molar-refractivity contribution in [3.05, 3.63) is 52.9 Å². The maximum absolute atomic E-state index is 13.8. The van der Waals surface area contributed by atoms with Crippen molar-refractivity contribution in [3.8, 4) is 10.4 Å². The van der Waals surface area contributed by atoms with Gasteiger partial charge in [-0.1, -0.05) is 36.3 Å². The number of nitrogens with zero attached hydrogens (tertiary/aromatic N) is 4. The molecule has 3 atom stereocenters. The van der Waals surface area contributed by atoms with E-state index in [0.717, 1.165) is 49.4 Å². The number of amides is 2. The fourth-order valence-corrected chi connectivity index (χ4v) is 6.36. The lowest BCUT2D eigenvalue weighted by Gasteiger charge is -2.29. The predicted molar refractivity (Wildman–Crippen MR) is 154 cm³/mol. The number of aliphatic hydroxyl groups excluding tert-OH is 1. The fourth-order valence-electron chi connectivity index (χ4n) is 5.55. The number of aromatic nitrogens is 2. The van der Waals surface area contributed by atoms with Gasteiger partial charge in [0.05, 0.1) is 16.1 Å². The first-order valence-electron chi connectivity index (χ1n) is 14.1. The van der Waals surface area contributed by atoms with Crippen molar-refractivity contribution < 1.29 is 19.2 Å². The minimum atomic E-state index is -0.705. The Hall–Kier alpha value is -3.28. The minimum Gasteiger partial charge on any atom is -0.396 e. The van der Waals surface area contributed by atoms with Crippen LogP contribution >= 0.6 is 11.3 Å². The summed E-state index contributed by atoms with van der Waals surface area (Å²) in [7, 11) is 0. The molecule has 0 unspecified atom stereocenters. The number of aryl methyl sites for hydroxylation is 1. The van der Waals surface area contributed by atoms with Gasteiger partial charge in [-0.2, -0.15) is 0 Å². The number of thiazole rings is 1. The number of carbonyl (C=O) groups is 2. The Morgan fingerprint density at radius 1 is 1.23 bits per heavy atom. The number of aliphatic hydroxyl groups is 1. The Morgan fingerprint density at radius 2 is 2.00 bits per heavy atom. The Kier molecular flexibility index (Phi) is 9.13. The quantitative estimate of drug-likeness (QED) is 0.342. The topological polar surface area (TPSA) is 124 Å². The number of carbonyl (C=O) groups excluding carboxylic acids is 2. The second-order valence-electron chi connectivity index (χ2n) is 10.7. The number of nitrogens with one attached hydrogen (secondary N) is 2. The van der Waals surface area contributed by atoms with Gasteiger partial charge >= 0.3 is 0 Å². The van der Waals surface area contributed by atoms with Crippen LogP contribution in [-0.4, -0.2) is 83.9 Å². The molecule has 2 aliphatic heterocycles. The van der Waals surface area contributed by atoms with Gasteiger partial charge < -0.3 is 30.1 Å². The molecule has 2 aliphatic rings. The summed E-state index contributed by atoms with van der Waals surface area (Å²) in [6, 6.07) is 9.63. The minimum absolute atomic E-state index is 0.141. The third-order valence-electron chi connectivity index (χ3n) is 7.90. The molecule has 0 spiro atoms. The number of hydrogen-bond donors (Lipinski definition) is 3. The molecule has 0 bridgehead atoms. The van der Waals surface area contributed by atoms with Crippen LogP contribution in [0.1, 0.15) is 42.7 Å². The van der Waals surface area contributed by atoms with Crippen molar-refractivity contribution in [2.24, 2.45) is 5.92 Å². The van der Waals surface area contributed by atoms with Crippen LogP contribution in [0.15, 0.2) is 40.4 Å². The molecular weight excluding hydrogens is 528 g/mol. The van der Waals surface area contributed by atoms with Gasteiger partial charge in [0.2, 0.25) is 11.8 Å². The molecule has 40 heavy (non-hydrogen) atoms. The van der Waals surface area contributed by atoms with Gasteiger partial charge in [0.25, 0.3) is 0 Å². The zero-order valence-electron chi connectivity index (χ0n) is 23.1. The lowest BCUT2D eigenvalue weighted by Crippen LogP contribution is -2.48. The highest BCUT2D eigenvalue weighted by Crippen LogP contribution is 2.33. The van der Waals surface area contributed by atoms with E-state index in [4.69, 9.17) is 4.52 Å². The lowest BCUT2D eigenvalue weighted by atomic mass is 9.90. The molecule has 214 valence electrons. The van der Waals surface area contributed by atoms with Crippen molar-refractivity contribution in [2.75, 3.05) is 50.8 Å². The first kappa shape index (κ1) is 28.3. The van der Waals surface area contributed by atoms with E-state index in [2.05, 4.69) is 49.9 Å². The van der Waals surface area contributed by atoms with E-state index in [0.29, 0.717) is 37.5 Å². The van der Waals surface area contributed by atoms with E-state index in [-0.39, 0.29) is 24.3 Å². The first-order valence-corrected chi connectivity index (χ1v) is 14.9. The van der Waals surface area contributed by atoms with Crippen LogP contribution < -0.4 is 15.5 Å². The summed E-state index contributed by atoms with van der Waals surface area (Å²) >= 11 is 1.63. The molecule has 2 saturated heterocycles. The molecule has 0 aliphatic carbocycles. The number of benzene rings is 1. The van der Waals surface area contributed by atoms with Crippen molar-refractivity contribution in [3.63, 3.8) is 0 Å². The maximum atomic E-state index is 13.8. The average molecular weight is 567 g/mol. The number of hydrogen-bond acceptors (Lipinski definition) is 9. The van der Waals surface area contributed by atoms with E-state index >= 15 is 0 Å². The summed E-state index contributed by atoms with van der Waals surface area (Å²) in [6.07, 6.45) is 2.07. The van der Waals surface area contributed by atoms with Crippen LogP contribution in [0.5, 0.6) is 0 Å². The van der Waals surface area contributed by atoms with Gasteiger partial charge in [-0.3, -0.25) is 9.59 Å². The smallest absolute Gasteiger partial charge is 0.242 e. The van der Waals surface area contributed by atoms with E-state index in [1.165, 1.54) is 4.88 Å². The zero-order valence-corrected chi connectivity index (χ0v) is 24.0. The average Bonchev–Trinajstić information content (AvgIpc) is 3.75. The largest absolute Gasteiger partial charge is 0.396 e. The standard InChI is InChI=1S/C29H38N6O4S/c1-19(17-36)26(24-16-25(33-39-24)34-14-11-30-12-15-34)29(38)35-13-3-4-23(35)28(37)31-10-9-21-5-7-22(8-6-21)27-20(2)32-18-40-27/h5-8,16,18-19,23,26,30,36H,3-4,9-15,17H2,1-2H3,(H,31,37)/t19-,23+,26+/m1/s1. The van der Waals surface area contributed by atoms with Gasteiger partial charge in [-0.05, 0) is 43.2 Å². The number of anilines is 1. The monoisotopic (exact) mass is 566 g/mol. The Bertz CT molecular complexity index is 1290. The van der Waals surface area contributed by atoms with Crippen molar-refractivity contribution in [2.45, 2.75) is 45.1 Å². The fraction of sp³-hybridized carbons (Fsp3) is 0.517. The van der Waals surface area contributed by atoms with Gasteiger partial charge in [-0.15, -0.1) is 11.3 Å². The summed E-state index contributed by atoms with van der Waals surface area (Å²) in [6.45, 7) is 7.99.